The standard InChI is InChI=1S/C14H17ClN2O6S/c1-23-14(20)11(7-18)16-13(19)8-2-5-10(15)12(6-8)24(21,22)17-9-3-4-9/h2,5-6,9,11,17-18H,3-4,7H2,1H3,(H,16,19)/t11-/m1/s1. The smallest absolute Gasteiger partial charge is 0.330 e. The van der Waals surface area contributed by atoms with Crippen LogP contribution >= 0.6 is 11.6 Å². The molecule has 2 rings (SSSR count). The molecule has 1 amide bonds. The highest BCUT2D eigenvalue weighted by Crippen LogP contribution is 2.26. The quantitative estimate of drug-likeness (QED) is 0.578. The number of esters is 1. The molecule has 132 valence electrons. The number of aliphatic hydroxyl groups is 1. The molecule has 0 spiro atoms. The molecule has 1 atom stereocenters. The van der Waals surface area contributed by atoms with E-state index >= 15 is 0 Å². The highest BCUT2D eigenvalue weighted by atomic mass is 35.5. The maximum absolute atomic E-state index is 12.3. The first-order valence-corrected chi connectivity index (χ1v) is 8.96. The van der Waals surface area contributed by atoms with E-state index in [2.05, 4.69) is 14.8 Å². The summed E-state index contributed by atoms with van der Waals surface area (Å²) in [5.74, 6) is -1.55. The van der Waals surface area contributed by atoms with Crippen molar-refractivity contribution in [1.29, 1.82) is 0 Å². The summed E-state index contributed by atoms with van der Waals surface area (Å²) in [5.41, 5.74) is -0.0158. The maximum Gasteiger partial charge on any atom is 0.330 e. The van der Waals surface area contributed by atoms with Gasteiger partial charge in [0.05, 0.1) is 18.7 Å². The third-order valence-corrected chi connectivity index (χ3v) is 5.36. The zero-order valence-corrected chi connectivity index (χ0v) is 14.4. The molecule has 1 fully saturated rings. The molecular weight excluding hydrogens is 360 g/mol. The van der Waals surface area contributed by atoms with E-state index < -0.39 is 34.5 Å². The van der Waals surface area contributed by atoms with Gasteiger partial charge >= 0.3 is 5.97 Å². The van der Waals surface area contributed by atoms with Crippen LogP contribution in [0.5, 0.6) is 0 Å². The van der Waals surface area contributed by atoms with Crippen molar-refractivity contribution in [2.45, 2.75) is 29.8 Å². The van der Waals surface area contributed by atoms with Gasteiger partial charge in [-0.25, -0.2) is 17.9 Å². The Morgan fingerprint density at radius 3 is 2.62 bits per heavy atom. The van der Waals surface area contributed by atoms with E-state index in [9.17, 15) is 18.0 Å². The fourth-order valence-electron chi connectivity index (χ4n) is 1.90. The number of benzene rings is 1. The Hall–Kier alpha value is -1.68. The van der Waals surface area contributed by atoms with Crippen molar-refractivity contribution < 1.29 is 27.9 Å². The summed E-state index contributed by atoms with van der Waals surface area (Å²) >= 11 is 5.93. The van der Waals surface area contributed by atoms with Crippen LogP contribution in [0.4, 0.5) is 0 Å². The molecule has 1 aromatic rings. The van der Waals surface area contributed by atoms with Gasteiger partial charge in [0, 0.05) is 11.6 Å². The summed E-state index contributed by atoms with van der Waals surface area (Å²) in [7, 11) is -2.72. The molecule has 1 saturated carbocycles. The van der Waals surface area contributed by atoms with Gasteiger partial charge in [-0.2, -0.15) is 0 Å². The fraction of sp³-hybridized carbons (Fsp3) is 0.429. The number of hydrogen-bond acceptors (Lipinski definition) is 6. The van der Waals surface area contributed by atoms with Gasteiger partial charge in [0.2, 0.25) is 10.0 Å². The normalized spacial score (nSPS) is 15.6. The van der Waals surface area contributed by atoms with Crippen LogP contribution in [0.3, 0.4) is 0 Å². The molecule has 10 heteroatoms. The lowest BCUT2D eigenvalue weighted by atomic mass is 10.2. The Morgan fingerprint density at radius 2 is 2.08 bits per heavy atom. The van der Waals surface area contributed by atoms with Crippen molar-refractivity contribution in [2.75, 3.05) is 13.7 Å². The van der Waals surface area contributed by atoms with Crippen molar-refractivity contribution in [3.05, 3.63) is 28.8 Å². The van der Waals surface area contributed by atoms with Crippen LogP contribution < -0.4 is 10.0 Å². The number of halogens is 1. The first-order valence-electron chi connectivity index (χ1n) is 7.10. The third kappa shape index (κ3) is 4.44. The number of amides is 1. The van der Waals surface area contributed by atoms with E-state index in [0.717, 1.165) is 26.0 Å². The number of aliphatic hydroxyl groups excluding tert-OH is 1. The number of hydrogen-bond donors (Lipinski definition) is 3. The monoisotopic (exact) mass is 376 g/mol. The van der Waals surface area contributed by atoms with E-state index in [1.165, 1.54) is 12.1 Å². The highest BCUT2D eigenvalue weighted by Gasteiger charge is 2.30. The lowest BCUT2D eigenvalue weighted by molar-refractivity contribution is -0.143. The third-order valence-electron chi connectivity index (χ3n) is 3.36. The number of methoxy groups -OCH3 is 1. The average molecular weight is 377 g/mol. The topological polar surface area (TPSA) is 122 Å². The van der Waals surface area contributed by atoms with E-state index in [-0.39, 0.29) is 21.5 Å². The summed E-state index contributed by atoms with van der Waals surface area (Å²) in [6.07, 6.45) is 1.52. The van der Waals surface area contributed by atoms with Gasteiger partial charge < -0.3 is 15.2 Å². The zero-order valence-electron chi connectivity index (χ0n) is 12.8. The number of nitrogens with one attached hydrogen (secondary N) is 2. The van der Waals surface area contributed by atoms with Gasteiger partial charge in [-0.15, -0.1) is 0 Å². The largest absolute Gasteiger partial charge is 0.467 e. The number of rotatable bonds is 7. The van der Waals surface area contributed by atoms with E-state index in [4.69, 9.17) is 16.7 Å². The molecule has 1 aliphatic rings. The summed E-state index contributed by atoms with van der Waals surface area (Å²) in [4.78, 5) is 23.3. The molecule has 0 radical (unpaired) electrons. The molecular formula is C14H17ClN2O6S. The van der Waals surface area contributed by atoms with Crippen LogP contribution in [0.2, 0.25) is 5.02 Å². The fourth-order valence-corrected chi connectivity index (χ4v) is 3.73. The second-order valence-electron chi connectivity index (χ2n) is 5.27. The Kier molecular flexibility index (Phi) is 5.81. The molecule has 3 N–H and O–H groups in total. The molecule has 1 aromatic carbocycles. The van der Waals surface area contributed by atoms with Crippen LogP contribution in [0.1, 0.15) is 23.2 Å². The number of ether oxygens (including phenoxy) is 1. The van der Waals surface area contributed by atoms with E-state index in [1.54, 1.807) is 0 Å². The van der Waals surface area contributed by atoms with Crippen molar-refractivity contribution in [2.24, 2.45) is 0 Å². The van der Waals surface area contributed by atoms with Gasteiger partial charge in [-0.3, -0.25) is 4.79 Å². The van der Waals surface area contributed by atoms with Gasteiger partial charge in [0.15, 0.2) is 6.04 Å². The van der Waals surface area contributed by atoms with E-state index in [1.807, 2.05) is 0 Å². The molecule has 24 heavy (non-hydrogen) atoms. The minimum absolute atomic E-state index is 0.0158. The predicted molar refractivity (Wildman–Crippen MR) is 85.2 cm³/mol. The lowest BCUT2D eigenvalue weighted by Crippen LogP contribution is -2.44. The van der Waals surface area contributed by atoms with Crippen LogP contribution in [-0.4, -0.2) is 51.2 Å². The van der Waals surface area contributed by atoms with Gasteiger partial charge in [-0.1, -0.05) is 11.6 Å². The van der Waals surface area contributed by atoms with E-state index in [0.29, 0.717) is 0 Å². The van der Waals surface area contributed by atoms with Gasteiger partial charge in [0.1, 0.15) is 4.90 Å². The lowest BCUT2D eigenvalue weighted by Gasteiger charge is -2.14. The molecule has 0 aliphatic heterocycles. The zero-order chi connectivity index (χ0) is 17.9. The van der Waals surface area contributed by atoms with Crippen molar-refractivity contribution in [3.8, 4) is 0 Å². The molecule has 0 heterocycles. The van der Waals surface area contributed by atoms with Crippen LogP contribution in [0.15, 0.2) is 23.1 Å². The first-order chi connectivity index (χ1) is 11.3. The minimum atomic E-state index is -3.84. The van der Waals surface area contributed by atoms with Crippen LogP contribution in [-0.2, 0) is 19.6 Å². The average Bonchev–Trinajstić information content (AvgIpc) is 3.35. The first kappa shape index (κ1) is 18.7. The molecule has 8 nitrogen and oxygen atoms in total. The van der Waals surface area contributed by atoms with Gasteiger partial charge in [-0.05, 0) is 31.0 Å². The number of carbonyl (C=O) groups excluding carboxylic acids is 2. The minimum Gasteiger partial charge on any atom is -0.467 e. The van der Waals surface area contributed by atoms with Crippen LogP contribution in [0, 0.1) is 0 Å². The van der Waals surface area contributed by atoms with Crippen LogP contribution in [0.25, 0.3) is 0 Å². The molecule has 1 aliphatic carbocycles. The van der Waals surface area contributed by atoms with Crippen molar-refractivity contribution in [3.63, 3.8) is 0 Å². The molecule has 0 unspecified atom stereocenters. The second kappa shape index (κ2) is 7.47. The molecule has 0 bridgehead atoms. The number of sulfonamides is 1. The summed E-state index contributed by atoms with van der Waals surface area (Å²) < 4.78 is 31.5. The Bertz CT molecular complexity index is 748. The molecule has 0 saturated heterocycles. The Labute approximate surface area is 144 Å². The Balaban J connectivity index is 2.23. The van der Waals surface area contributed by atoms with Crippen molar-refractivity contribution in [1.82, 2.24) is 10.0 Å². The predicted octanol–water partition coefficient (Wildman–Crippen LogP) is 0.0444. The summed E-state index contributed by atoms with van der Waals surface area (Å²) in [5, 5.41) is 11.4. The Morgan fingerprint density at radius 1 is 1.42 bits per heavy atom. The second-order valence-corrected chi connectivity index (χ2v) is 7.36. The SMILES string of the molecule is COC(=O)[C@@H](CO)NC(=O)c1ccc(Cl)c(S(=O)(=O)NC2CC2)c1. The summed E-state index contributed by atoms with van der Waals surface area (Å²) in [6.45, 7) is -0.652. The summed E-state index contributed by atoms with van der Waals surface area (Å²) in [6, 6.07) is 2.36. The molecule has 0 aromatic heterocycles. The van der Waals surface area contributed by atoms with Gasteiger partial charge in [0.25, 0.3) is 5.91 Å². The highest BCUT2D eigenvalue weighted by molar-refractivity contribution is 7.89. The maximum atomic E-state index is 12.3. The van der Waals surface area contributed by atoms with Crippen molar-refractivity contribution >= 4 is 33.5 Å². The number of carbonyl (C=O) groups is 2.